The lowest BCUT2D eigenvalue weighted by atomic mass is 9.63. The first-order valence-corrected chi connectivity index (χ1v) is 16.4. The van der Waals surface area contributed by atoms with Gasteiger partial charge in [0.05, 0.1) is 12.4 Å². The van der Waals surface area contributed by atoms with Gasteiger partial charge in [-0.25, -0.2) is 18.2 Å². The Kier molecular flexibility index (Phi) is 7.58. The van der Waals surface area contributed by atoms with Gasteiger partial charge in [0.15, 0.2) is 0 Å². The van der Waals surface area contributed by atoms with Gasteiger partial charge in [-0.15, -0.1) is 0 Å². The van der Waals surface area contributed by atoms with E-state index in [1.165, 1.54) is 63.2 Å². The van der Waals surface area contributed by atoms with Crippen LogP contribution in [0.4, 0.5) is 0 Å². The lowest BCUT2D eigenvalue weighted by Gasteiger charge is -2.43. The van der Waals surface area contributed by atoms with Crippen molar-refractivity contribution in [2.75, 3.05) is 45.6 Å². The first-order valence-electron chi connectivity index (χ1n) is 14.6. The van der Waals surface area contributed by atoms with E-state index in [9.17, 15) is 8.42 Å². The Labute approximate surface area is 222 Å². The van der Waals surface area contributed by atoms with Crippen LogP contribution in [-0.2, 0) is 19.8 Å². The van der Waals surface area contributed by atoms with Gasteiger partial charge in [0.1, 0.15) is 18.0 Å². The van der Waals surface area contributed by atoms with E-state index >= 15 is 0 Å². The zero-order valence-electron chi connectivity index (χ0n) is 22.4. The first-order chi connectivity index (χ1) is 17.8. The number of hydrogen-bond acceptors (Lipinski definition) is 6. The van der Waals surface area contributed by atoms with Crippen LogP contribution in [0.2, 0.25) is 0 Å². The van der Waals surface area contributed by atoms with Gasteiger partial charge in [0, 0.05) is 32.7 Å². The van der Waals surface area contributed by atoms with Gasteiger partial charge in [-0.1, -0.05) is 12.1 Å². The second-order valence-electron chi connectivity index (χ2n) is 12.7. The zero-order valence-corrected chi connectivity index (χ0v) is 23.2. The van der Waals surface area contributed by atoms with Crippen molar-refractivity contribution in [3.63, 3.8) is 0 Å². The summed E-state index contributed by atoms with van der Waals surface area (Å²) in [7, 11) is -3.08. The topological polar surface area (TPSA) is 68.3 Å². The molecule has 2 unspecified atom stereocenters. The summed E-state index contributed by atoms with van der Waals surface area (Å²) in [5, 5.41) is 0. The summed E-state index contributed by atoms with van der Waals surface area (Å²) in [6.45, 7) is 4.06. The van der Waals surface area contributed by atoms with Gasteiger partial charge < -0.3 is 4.74 Å². The quantitative estimate of drug-likeness (QED) is 0.500. The summed E-state index contributed by atoms with van der Waals surface area (Å²) in [4.78, 5) is 14.9. The fraction of sp³-hybridized carbons (Fsp3) is 0.793. The molecule has 37 heavy (non-hydrogen) atoms. The van der Waals surface area contributed by atoms with Gasteiger partial charge in [-0.2, -0.15) is 4.31 Å². The molecule has 1 aromatic carbocycles. The van der Waals surface area contributed by atoms with E-state index in [0.717, 1.165) is 56.0 Å². The molecule has 0 radical (unpaired) electrons. The highest BCUT2D eigenvalue weighted by atomic mass is 32.2. The molecule has 0 aromatic heterocycles. The zero-order chi connectivity index (χ0) is 25.5. The number of rotatable bonds is 6. The molecule has 1 spiro atoms. The number of hydrogen-bond donors (Lipinski definition) is 0. The SMILES string of the molecule is CS(=O)(=O)N1CCN(CCOc2ccc([C@@H]3CCC[C@]4(CC5CC6CC(C5)CC(C6)OO4)C3)cc2)CC1. The predicted octanol–water partition coefficient (Wildman–Crippen LogP) is 4.59. The molecule has 4 atom stereocenters. The van der Waals surface area contributed by atoms with Crippen LogP contribution in [0.3, 0.4) is 0 Å². The fourth-order valence-corrected chi connectivity index (χ4v) is 9.01. The average molecular weight is 533 g/mol. The molecule has 1 aromatic rings. The van der Waals surface area contributed by atoms with E-state index in [1.54, 1.807) is 4.31 Å². The third-order valence-electron chi connectivity index (χ3n) is 9.85. The van der Waals surface area contributed by atoms with Crippen LogP contribution in [0, 0.1) is 17.8 Å². The minimum Gasteiger partial charge on any atom is -0.492 e. The molecule has 3 aliphatic carbocycles. The number of ether oxygens (including phenoxy) is 1. The fourth-order valence-electron chi connectivity index (χ4n) is 8.19. The van der Waals surface area contributed by atoms with E-state index in [0.29, 0.717) is 31.7 Å². The van der Waals surface area contributed by atoms with Gasteiger partial charge in [0.2, 0.25) is 10.0 Å². The summed E-state index contributed by atoms with van der Waals surface area (Å²) in [6, 6.07) is 8.71. The van der Waals surface area contributed by atoms with Crippen LogP contribution >= 0.6 is 0 Å². The van der Waals surface area contributed by atoms with Crippen LogP contribution in [0.15, 0.2) is 24.3 Å². The third kappa shape index (κ3) is 6.19. The summed E-state index contributed by atoms with van der Waals surface area (Å²) < 4.78 is 31.0. The molecule has 3 heterocycles. The standard InChI is InChI=1S/C29H44N2O5S/c1-37(32,33)31-11-9-30(10-12-31)13-14-34-27-6-4-25(5-7-27)26-3-2-8-29(21-26)20-24-16-22-15-23(17-24)19-28(18-22)35-36-29/h4-7,22-24,26,28H,2-3,8-21H2,1H3/t22?,23?,24?,26-,28?,29+/m1/s1. The van der Waals surface area contributed by atoms with Crippen LogP contribution in [0.5, 0.6) is 5.75 Å². The second-order valence-corrected chi connectivity index (χ2v) is 14.7. The molecule has 206 valence electrons. The minimum atomic E-state index is -3.08. The molecule has 3 saturated carbocycles. The summed E-state index contributed by atoms with van der Waals surface area (Å²) in [5.74, 6) is 3.91. The van der Waals surface area contributed by atoms with Crippen molar-refractivity contribution < 1.29 is 22.9 Å². The Balaban J connectivity index is 1.02. The Morgan fingerprint density at radius 2 is 1.65 bits per heavy atom. The van der Waals surface area contributed by atoms with Gasteiger partial charge >= 0.3 is 0 Å². The molecule has 0 N–H and O–H groups in total. The van der Waals surface area contributed by atoms with E-state index in [1.807, 2.05) is 0 Å². The monoisotopic (exact) mass is 532 g/mol. The highest BCUT2D eigenvalue weighted by Gasteiger charge is 2.47. The molecule has 7 nitrogen and oxygen atoms in total. The Bertz CT molecular complexity index is 1010. The molecule has 3 saturated heterocycles. The van der Waals surface area contributed by atoms with Crippen molar-refractivity contribution in [2.24, 2.45) is 17.8 Å². The van der Waals surface area contributed by atoms with Crippen molar-refractivity contribution in [2.45, 2.75) is 81.8 Å². The first kappa shape index (κ1) is 26.1. The second kappa shape index (κ2) is 10.8. The largest absolute Gasteiger partial charge is 0.492 e. The Morgan fingerprint density at radius 3 is 2.35 bits per heavy atom. The van der Waals surface area contributed by atoms with Gasteiger partial charge in [0.25, 0.3) is 0 Å². The predicted molar refractivity (Wildman–Crippen MR) is 143 cm³/mol. The molecule has 4 bridgehead atoms. The Morgan fingerprint density at radius 1 is 0.946 bits per heavy atom. The van der Waals surface area contributed by atoms with Crippen LogP contribution in [0.25, 0.3) is 0 Å². The van der Waals surface area contributed by atoms with Crippen molar-refractivity contribution in [1.82, 2.24) is 9.21 Å². The molecule has 6 fully saturated rings. The molecule has 3 aliphatic heterocycles. The minimum absolute atomic E-state index is 0.122. The highest BCUT2D eigenvalue weighted by Crippen LogP contribution is 2.52. The van der Waals surface area contributed by atoms with Crippen LogP contribution in [0.1, 0.15) is 75.7 Å². The van der Waals surface area contributed by atoms with Crippen LogP contribution < -0.4 is 4.74 Å². The van der Waals surface area contributed by atoms with Crippen molar-refractivity contribution in [3.8, 4) is 5.75 Å². The normalized spacial score (nSPS) is 37.3. The maximum atomic E-state index is 11.7. The molecule has 0 amide bonds. The smallest absolute Gasteiger partial charge is 0.211 e. The third-order valence-corrected chi connectivity index (χ3v) is 11.1. The lowest BCUT2D eigenvalue weighted by Crippen LogP contribution is -2.49. The maximum Gasteiger partial charge on any atom is 0.211 e. The van der Waals surface area contributed by atoms with Gasteiger partial charge in [-0.3, -0.25) is 4.90 Å². The number of sulfonamides is 1. The summed E-state index contributed by atoms with van der Waals surface area (Å²) >= 11 is 0. The molecular formula is C29H44N2O5S. The van der Waals surface area contributed by atoms with Crippen molar-refractivity contribution in [1.29, 1.82) is 0 Å². The molecule has 8 heteroatoms. The summed E-state index contributed by atoms with van der Waals surface area (Å²) in [5.41, 5.74) is 1.26. The van der Waals surface area contributed by atoms with E-state index in [2.05, 4.69) is 29.2 Å². The van der Waals surface area contributed by atoms with Gasteiger partial charge in [-0.05, 0) is 106 Å². The van der Waals surface area contributed by atoms with E-state index < -0.39 is 10.0 Å². The number of piperazine rings is 1. The van der Waals surface area contributed by atoms with E-state index in [4.69, 9.17) is 14.5 Å². The molecular weight excluding hydrogens is 488 g/mol. The molecule has 7 rings (SSSR count). The molecule has 6 aliphatic rings. The number of benzene rings is 1. The van der Waals surface area contributed by atoms with Crippen molar-refractivity contribution >= 4 is 10.0 Å². The van der Waals surface area contributed by atoms with E-state index in [-0.39, 0.29) is 5.60 Å². The summed E-state index contributed by atoms with van der Waals surface area (Å²) in [6.07, 6.45) is 13.9. The number of nitrogens with zero attached hydrogens (tertiary/aromatic N) is 2. The van der Waals surface area contributed by atoms with Crippen LogP contribution in [-0.4, -0.2) is 74.9 Å². The average Bonchev–Trinajstić information content (AvgIpc) is 2.94. The lowest BCUT2D eigenvalue weighted by molar-refractivity contribution is -0.394. The Hall–Kier alpha value is -1.19. The maximum absolute atomic E-state index is 11.7. The highest BCUT2D eigenvalue weighted by molar-refractivity contribution is 7.88. The number of fused-ring (bicyclic) bond motifs is 1. The van der Waals surface area contributed by atoms with Crippen molar-refractivity contribution in [3.05, 3.63) is 29.8 Å².